The Morgan fingerprint density at radius 1 is 1.09 bits per heavy atom. The van der Waals surface area contributed by atoms with Gasteiger partial charge in [-0.05, 0) is 18.1 Å². The highest BCUT2D eigenvalue weighted by Gasteiger charge is 2.24. The Kier molecular flexibility index (Phi) is 9.74. The molecule has 2 aromatic carbocycles. The van der Waals surface area contributed by atoms with Crippen LogP contribution >= 0.6 is 0 Å². The number of hydrogen-bond donors (Lipinski definition) is 1. The summed E-state index contributed by atoms with van der Waals surface area (Å²) in [6.07, 6.45) is 4.59. The van der Waals surface area contributed by atoms with Crippen molar-refractivity contribution in [1.29, 1.82) is 0 Å². The van der Waals surface area contributed by atoms with Gasteiger partial charge in [0.05, 0.1) is 25.4 Å². The van der Waals surface area contributed by atoms with Crippen LogP contribution < -0.4 is 9.47 Å². The maximum atomic E-state index is 10.6. The van der Waals surface area contributed by atoms with E-state index in [1.165, 1.54) is 0 Å². The van der Waals surface area contributed by atoms with E-state index in [0.717, 1.165) is 23.4 Å². The molecule has 1 heterocycles. The first-order valence-electron chi connectivity index (χ1n) is 11.8. The number of aromatic nitrogens is 2. The van der Waals surface area contributed by atoms with Gasteiger partial charge in [0.25, 0.3) is 0 Å². The van der Waals surface area contributed by atoms with E-state index in [0.29, 0.717) is 36.4 Å². The largest absolute Gasteiger partial charge is 0.497 e. The van der Waals surface area contributed by atoms with E-state index in [4.69, 9.17) is 25.7 Å². The predicted molar refractivity (Wildman–Crippen MR) is 137 cm³/mol. The normalized spacial score (nSPS) is 12.1. The molecule has 0 aliphatic heterocycles. The van der Waals surface area contributed by atoms with Gasteiger partial charge in [-0.15, -0.1) is 6.42 Å². The molecule has 7 nitrogen and oxygen atoms in total. The molecular weight excluding hydrogens is 442 g/mol. The van der Waals surface area contributed by atoms with Crippen LogP contribution in [0.25, 0.3) is 11.3 Å². The first-order valence-corrected chi connectivity index (χ1v) is 11.8. The van der Waals surface area contributed by atoms with Crippen LogP contribution in [0.15, 0.2) is 54.6 Å². The zero-order valence-corrected chi connectivity index (χ0v) is 21.0. The number of terminal acetylenes is 1. The Morgan fingerprint density at radius 2 is 1.83 bits per heavy atom. The van der Waals surface area contributed by atoms with Gasteiger partial charge in [-0.1, -0.05) is 56.2 Å². The highest BCUT2D eigenvalue weighted by atomic mass is 16.5. The summed E-state index contributed by atoms with van der Waals surface area (Å²) < 4.78 is 18.8. The second kappa shape index (κ2) is 13.0. The van der Waals surface area contributed by atoms with Crippen LogP contribution in [-0.4, -0.2) is 59.3 Å². The lowest BCUT2D eigenvalue weighted by Gasteiger charge is -2.27. The fourth-order valence-corrected chi connectivity index (χ4v) is 3.98. The molecule has 0 saturated heterocycles. The van der Waals surface area contributed by atoms with Gasteiger partial charge in [0, 0.05) is 38.3 Å². The summed E-state index contributed by atoms with van der Waals surface area (Å²) in [5.41, 5.74) is 2.79. The number of hydrogen-bond acceptors (Lipinski definition) is 6. The van der Waals surface area contributed by atoms with Crippen LogP contribution in [0, 0.1) is 18.3 Å². The van der Waals surface area contributed by atoms with E-state index < -0.39 is 6.10 Å². The number of rotatable bonds is 13. The fourth-order valence-electron chi connectivity index (χ4n) is 3.98. The van der Waals surface area contributed by atoms with Gasteiger partial charge < -0.3 is 19.3 Å². The molecule has 0 aliphatic carbocycles. The molecule has 35 heavy (non-hydrogen) atoms. The molecule has 1 atom stereocenters. The number of benzene rings is 2. The molecule has 7 heteroatoms. The van der Waals surface area contributed by atoms with Crippen molar-refractivity contribution in [3.63, 3.8) is 0 Å². The van der Waals surface area contributed by atoms with E-state index in [2.05, 4.69) is 24.7 Å². The zero-order valence-electron chi connectivity index (χ0n) is 21.0. The Labute approximate surface area is 208 Å². The summed E-state index contributed by atoms with van der Waals surface area (Å²) in [6, 6.07) is 17.5. The van der Waals surface area contributed by atoms with Crippen molar-refractivity contribution < 1.29 is 19.3 Å². The van der Waals surface area contributed by atoms with E-state index in [-0.39, 0.29) is 13.2 Å². The smallest absolute Gasteiger partial charge is 0.222 e. The SMILES string of the molecule is C#CCOC[C@@H](O)CN(Cc1c(-c2ccccc2)nn(C)c1Oc1cccc(OC)c1)CC(C)C. The van der Waals surface area contributed by atoms with Crippen LogP contribution in [0.4, 0.5) is 0 Å². The molecule has 0 spiro atoms. The number of aliphatic hydroxyl groups excluding tert-OH is 1. The Balaban J connectivity index is 1.96. The first kappa shape index (κ1) is 26.3. The Hall–Kier alpha value is -3.31. The number of nitrogens with zero attached hydrogens (tertiary/aromatic N) is 3. The second-order valence-electron chi connectivity index (χ2n) is 8.86. The molecule has 0 unspecified atom stereocenters. The van der Waals surface area contributed by atoms with Gasteiger partial charge in [0.2, 0.25) is 5.88 Å². The monoisotopic (exact) mass is 477 g/mol. The molecule has 0 saturated carbocycles. The number of aryl methyl sites for hydroxylation is 1. The average molecular weight is 478 g/mol. The molecule has 0 bridgehead atoms. The third-order valence-electron chi connectivity index (χ3n) is 5.36. The van der Waals surface area contributed by atoms with Gasteiger partial charge in [-0.25, -0.2) is 4.68 Å². The topological polar surface area (TPSA) is 69.0 Å². The molecule has 186 valence electrons. The van der Waals surface area contributed by atoms with Gasteiger partial charge in [-0.2, -0.15) is 5.10 Å². The minimum Gasteiger partial charge on any atom is -0.497 e. The quantitative estimate of drug-likeness (QED) is 0.292. The summed E-state index contributed by atoms with van der Waals surface area (Å²) >= 11 is 0. The van der Waals surface area contributed by atoms with Crippen molar-refractivity contribution in [2.45, 2.75) is 26.5 Å². The number of methoxy groups -OCH3 is 1. The molecule has 0 aliphatic rings. The lowest BCUT2D eigenvalue weighted by atomic mass is 10.1. The second-order valence-corrected chi connectivity index (χ2v) is 8.86. The third-order valence-corrected chi connectivity index (χ3v) is 5.36. The summed E-state index contributed by atoms with van der Waals surface area (Å²) in [7, 11) is 3.51. The van der Waals surface area contributed by atoms with Gasteiger partial charge in [0.1, 0.15) is 23.8 Å². The molecule has 3 aromatic rings. The molecular formula is C28H35N3O4. The maximum absolute atomic E-state index is 10.6. The predicted octanol–water partition coefficient (Wildman–Crippen LogP) is 4.36. The number of ether oxygens (including phenoxy) is 3. The number of aliphatic hydroxyl groups is 1. The van der Waals surface area contributed by atoms with Crippen molar-refractivity contribution in [3.8, 4) is 41.0 Å². The van der Waals surface area contributed by atoms with Crippen LogP contribution in [0.2, 0.25) is 0 Å². The fraction of sp³-hybridized carbons (Fsp3) is 0.393. The molecule has 3 rings (SSSR count). The van der Waals surface area contributed by atoms with Gasteiger partial charge >= 0.3 is 0 Å². The third kappa shape index (κ3) is 7.59. The lowest BCUT2D eigenvalue weighted by Crippen LogP contribution is -2.37. The summed E-state index contributed by atoms with van der Waals surface area (Å²) in [4.78, 5) is 2.20. The zero-order chi connectivity index (χ0) is 25.2. The lowest BCUT2D eigenvalue weighted by molar-refractivity contribution is 0.0237. The average Bonchev–Trinajstić information content (AvgIpc) is 3.14. The standard InChI is InChI=1S/C28H35N3O4/c1-6-15-34-20-23(32)18-31(17-21(2)3)19-26-27(22-11-8-7-9-12-22)29-30(4)28(26)35-25-14-10-13-24(16-25)33-5/h1,7-14,16,21,23,32H,15,17-20H2,2-5H3/t23-/m0/s1. The highest BCUT2D eigenvalue weighted by molar-refractivity contribution is 5.65. The summed E-state index contributed by atoms with van der Waals surface area (Å²) in [6.45, 7) is 6.44. The van der Waals surface area contributed by atoms with E-state index in [1.807, 2.05) is 61.6 Å². The van der Waals surface area contributed by atoms with Gasteiger partial charge in [0.15, 0.2) is 0 Å². The van der Waals surface area contributed by atoms with Crippen LogP contribution in [0.3, 0.4) is 0 Å². The molecule has 0 amide bonds. The van der Waals surface area contributed by atoms with Crippen LogP contribution in [-0.2, 0) is 18.3 Å². The van der Waals surface area contributed by atoms with Crippen LogP contribution in [0.1, 0.15) is 19.4 Å². The van der Waals surface area contributed by atoms with E-state index in [1.54, 1.807) is 11.8 Å². The minimum atomic E-state index is -0.665. The van der Waals surface area contributed by atoms with E-state index >= 15 is 0 Å². The summed E-state index contributed by atoms with van der Waals surface area (Å²) in [5.74, 6) is 4.84. The maximum Gasteiger partial charge on any atom is 0.222 e. The highest BCUT2D eigenvalue weighted by Crippen LogP contribution is 2.35. The van der Waals surface area contributed by atoms with Crippen molar-refractivity contribution in [1.82, 2.24) is 14.7 Å². The van der Waals surface area contributed by atoms with Gasteiger partial charge in [-0.3, -0.25) is 4.90 Å². The molecule has 0 radical (unpaired) electrons. The van der Waals surface area contributed by atoms with Crippen molar-refractivity contribution in [2.75, 3.05) is 33.4 Å². The Bertz CT molecular complexity index is 1110. The van der Waals surface area contributed by atoms with E-state index in [9.17, 15) is 5.11 Å². The van der Waals surface area contributed by atoms with Crippen molar-refractivity contribution in [2.24, 2.45) is 13.0 Å². The van der Waals surface area contributed by atoms with Crippen LogP contribution in [0.5, 0.6) is 17.4 Å². The minimum absolute atomic E-state index is 0.181. The molecule has 0 fully saturated rings. The molecule has 1 N–H and O–H groups in total. The first-order chi connectivity index (χ1) is 16.9. The van der Waals surface area contributed by atoms with Crippen molar-refractivity contribution >= 4 is 0 Å². The Morgan fingerprint density at radius 3 is 2.51 bits per heavy atom. The van der Waals surface area contributed by atoms with Crippen molar-refractivity contribution in [3.05, 3.63) is 60.2 Å². The summed E-state index contributed by atoms with van der Waals surface area (Å²) in [5, 5.41) is 15.4. The molecule has 1 aromatic heterocycles.